The summed E-state index contributed by atoms with van der Waals surface area (Å²) in [5, 5.41) is 31.0. The smallest absolute Gasteiger partial charge is 0.408 e. The molecule has 320 valence electrons. The molecule has 9 rings (SSSR count). The van der Waals surface area contributed by atoms with Crippen LogP contribution in [-0.2, 0) is 24.4 Å². The van der Waals surface area contributed by atoms with Crippen LogP contribution in [0.1, 0.15) is 68.7 Å². The predicted molar refractivity (Wildman–Crippen MR) is 235 cm³/mol. The lowest BCUT2D eigenvalue weighted by atomic mass is 9.86. The van der Waals surface area contributed by atoms with E-state index in [0.717, 1.165) is 60.3 Å². The van der Waals surface area contributed by atoms with Gasteiger partial charge in [-0.2, -0.15) is 0 Å². The van der Waals surface area contributed by atoms with Crippen LogP contribution in [-0.4, -0.2) is 71.5 Å². The summed E-state index contributed by atoms with van der Waals surface area (Å²) >= 11 is 0. The Bertz CT molecular complexity index is 2560. The van der Waals surface area contributed by atoms with Gasteiger partial charge in [0.2, 0.25) is 5.56 Å². The highest BCUT2D eigenvalue weighted by Crippen LogP contribution is 2.32. The van der Waals surface area contributed by atoms with Gasteiger partial charge in [-0.15, -0.1) is 0 Å². The second-order valence-corrected chi connectivity index (χ2v) is 15.9. The number of fused-ring (bicyclic) bond motifs is 4. The van der Waals surface area contributed by atoms with Crippen molar-refractivity contribution in [1.82, 2.24) is 25.8 Å². The molecule has 0 spiro atoms. The molecule has 3 fully saturated rings. The Morgan fingerprint density at radius 1 is 0.855 bits per heavy atom. The number of benzene rings is 5. The number of nitrogens with zero attached hydrogens (tertiary/aromatic N) is 1. The van der Waals surface area contributed by atoms with Gasteiger partial charge >= 0.3 is 6.09 Å². The van der Waals surface area contributed by atoms with Crippen molar-refractivity contribution < 1.29 is 34.0 Å². The van der Waals surface area contributed by atoms with Gasteiger partial charge in [-0.25, -0.2) is 4.79 Å². The Balaban J connectivity index is 0.822. The quantitative estimate of drug-likeness (QED) is 0.0633. The molecule has 13 heteroatoms. The van der Waals surface area contributed by atoms with E-state index in [1.165, 1.54) is 12.1 Å². The highest BCUT2D eigenvalue weighted by atomic mass is 16.6. The van der Waals surface area contributed by atoms with E-state index in [4.69, 9.17) is 14.2 Å². The fraction of sp³-hybridized carbons (Fsp3) is 0.286. The summed E-state index contributed by atoms with van der Waals surface area (Å²) in [4.78, 5) is 43.1. The molecule has 6 aromatic rings. The fourth-order valence-electron chi connectivity index (χ4n) is 8.37. The molecule has 2 bridgehead atoms. The number of carbonyl (C=O) groups is 2. The summed E-state index contributed by atoms with van der Waals surface area (Å²) in [6, 6.07) is 36.1. The van der Waals surface area contributed by atoms with E-state index in [2.05, 4.69) is 25.8 Å². The van der Waals surface area contributed by atoms with Gasteiger partial charge in [0, 0.05) is 48.8 Å². The maximum Gasteiger partial charge on any atom is 0.408 e. The Morgan fingerprint density at radius 2 is 1.63 bits per heavy atom. The molecule has 0 saturated carbocycles. The van der Waals surface area contributed by atoms with E-state index >= 15 is 0 Å². The van der Waals surface area contributed by atoms with E-state index in [9.17, 15) is 24.6 Å². The van der Waals surface area contributed by atoms with Crippen LogP contribution >= 0.6 is 0 Å². The first-order valence-electron chi connectivity index (χ1n) is 20.9. The number of hydrogen-bond donors (Lipinski definition) is 6. The molecule has 6 N–H and O–H groups in total. The normalized spacial score (nSPS) is 17.8. The van der Waals surface area contributed by atoms with Crippen molar-refractivity contribution >= 4 is 22.9 Å². The molecular weight excluding hydrogens is 787 g/mol. The minimum Gasteiger partial charge on any atom is -0.506 e. The second kappa shape index (κ2) is 19.4. The highest BCUT2D eigenvalue weighted by Gasteiger charge is 2.37. The van der Waals surface area contributed by atoms with Gasteiger partial charge in [-0.05, 0) is 102 Å². The van der Waals surface area contributed by atoms with E-state index < -0.39 is 18.2 Å². The maximum absolute atomic E-state index is 13.3. The zero-order chi connectivity index (χ0) is 43.0. The number of methoxy groups -OCH3 is 1. The van der Waals surface area contributed by atoms with Crippen LogP contribution in [0.5, 0.6) is 17.2 Å². The van der Waals surface area contributed by atoms with Gasteiger partial charge in [0.15, 0.2) is 0 Å². The summed E-state index contributed by atoms with van der Waals surface area (Å²) in [6.07, 6.45) is 0.710. The molecule has 0 aliphatic carbocycles. The van der Waals surface area contributed by atoms with Crippen LogP contribution in [0.25, 0.3) is 10.9 Å². The summed E-state index contributed by atoms with van der Waals surface area (Å²) < 4.78 is 17.8. The number of rotatable bonds is 16. The molecule has 3 atom stereocenters. The Kier molecular flexibility index (Phi) is 13.1. The minimum absolute atomic E-state index is 0.0655. The van der Waals surface area contributed by atoms with Crippen LogP contribution in [0.2, 0.25) is 0 Å². The molecule has 1 aromatic heterocycles. The van der Waals surface area contributed by atoms with Crippen molar-refractivity contribution in [3.8, 4) is 17.2 Å². The van der Waals surface area contributed by atoms with Crippen molar-refractivity contribution in [3.05, 3.63) is 171 Å². The summed E-state index contributed by atoms with van der Waals surface area (Å²) in [7, 11) is 1.58. The second-order valence-electron chi connectivity index (χ2n) is 15.9. The number of aromatic hydroxyl groups is 1. The molecule has 2 unspecified atom stereocenters. The Hall–Kier alpha value is -6.67. The van der Waals surface area contributed by atoms with Gasteiger partial charge in [0.05, 0.1) is 24.8 Å². The molecule has 5 aromatic carbocycles. The number of phenolic OH excluding ortho intramolecular Hbond substituents is 1. The van der Waals surface area contributed by atoms with Gasteiger partial charge < -0.3 is 45.4 Å². The third-order valence-corrected chi connectivity index (χ3v) is 11.8. The average Bonchev–Trinajstić information content (AvgIpc) is 3.30. The van der Waals surface area contributed by atoms with E-state index in [0.29, 0.717) is 40.5 Å². The minimum atomic E-state index is -0.899. The lowest BCUT2D eigenvalue weighted by Crippen LogP contribution is -2.52. The molecule has 4 heterocycles. The van der Waals surface area contributed by atoms with Crippen LogP contribution in [0.4, 0.5) is 4.79 Å². The number of alkyl carbamates (subject to hydrolysis) is 1. The van der Waals surface area contributed by atoms with Gasteiger partial charge in [0.1, 0.15) is 30.0 Å². The van der Waals surface area contributed by atoms with Gasteiger partial charge in [-0.3, -0.25) is 14.5 Å². The molecule has 62 heavy (non-hydrogen) atoms. The number of hydrogen-bond acceptors (Lipinski definition) is 10. The first-order chi connectivity index (χ1) is 30.2. The number of phenols is 1. The number of piperidine rings is 3. The molecule has 2 amide bonds. The Labute approximate surface area is 359 Å². The molecule has 3 aliphatic heterocycles. The van der Waals surface area contributed by atoms with Crippen molar-refractivity contribution in [2.45, 2.75) is 50.8 Å². The van der Waals surface area contributed by atoms with Crippen LogP contribution in [0, 0.1) is 5.92 Å². The van der Waals surface area contributed by atoms with Crippen molar-refractivity contribution in [3.63, 3.8) is 0 Å². The number of H-pyrrole nitrogens is 1. The number of nitrogens with one attached hydrogen (secondary N) is 4. The number of carbonyl (C=O) groups excluding carboxylic acids is 2. The number of aliphatic hydroxyl groups excluding tert-OH is 1. The average molecular weight is 838 g/mol. The largest absolute Gasteiger partial charge is 0.506 e. The molecule has 3 aliphatic rings. The fourth-order valence-corrected chi connectivity index (χ4v) is 8.37. The van der Waals surface area contributed by atoms with E-state index in [1.54, 1.807) is 31.4 Å². The van der Waals surface area contributed by atoms with Gasteiger partial charge in [-0.1, -0.05) is 72.8 Å². The summed E-state index contributed by atoms with van der Waals surface area (Å²) in [5.41, 5.74) is 5.44. The molecule has 13 nitrogen and oxygen atoms in total. The first kappa shape index (κ1) is 42.0. The van der Waals surface area contributed by atoms with Crippen LogP contribution in [0.15, 0.2) is 126 Å². The molecule has 3 saturated heterocycles. The number of pyridine rings is 1. The van der Waals surface area contributed by atoms with Crippen molar-refractivity contribution in [2.75, 3.05) is 33.3 Å². The third kappa shape index (κ3) is 10.1. The highest BCUT2D eigenvalue weighted by molar-refractivity contribution is 5.94. The number of amides is 2. The maximum atomic E-state index is 13.3. The topological polar surface area (TPSA) is 174 Å². The number of ether oxygens (including phenoxy) is 3. The van der Waals surface area contributed by atoms with E-state index in [1.807, 2.05) is 84.9 Å². The number of aliphatic hydroxyl groups is 1. The van der Waals surface area contributed by atoms with Crippen molar-refractivity contribution in [1.29, 1.82) is 0 Å². The van der Waals surface area contributed by atoms with Crippen LogP contribution in [0.3, 0.4) is 0 Å². The predicted octanol–water partition coefficient (Wildman–Crippen LogP) is 6.48. The van der Waals surface area contributed by atoms with E-state index in [-0.39, 0.29) is 48.5 Å². The first-order valence-corrected chi connectivity index (χ1v) is 20.9. The molecular formula is C49H51N5O8. The lowest BCUT2D eigenvalue weighted by molar-refractivity contribution is -0.0336. The standard InChI is InChI=1S/C49H51N5O8/c1-60-43-24-32(12-15-37(43)27-50-28-42(56)39-16-18-41(55)47-40(39)17-19-45(57)52-47)26-51-48(58)35-13-10-31(11-14-35)30-61-38-9-5-8-36(25-38)46(34-6-3-2-4-7-34)53-49(59)62-44-29-54-22-20-33(44)21-23-54/h2-19,24-25,33,42,44,46,50,55-56H,20-23,26-30H2,1H3,(H,51,58)(H,52,57)(H,53,59)/t42?,44?,46-/m0/s1. The number of aromatic amines is 1. The summed E-state index contributed by atoms with van der Waals surface area (Å²) in [6.45, 7) is 4.13. The third-order valence-electron chi connectivity index (χ3n) is 11.8. The summed E-state index contributed by atoms with van der Waals surface area (Å²) in [5.74, 6) is 1.41. The zero-order valence-electron chi connectivity index (χ0n) is 34.5. The lowest BCUT2D eigenvalue weighted by Gasteiger charge is -2.43. The SMILES string of the molecule is COc1cc(CNC(=O)c2ccc(COc3cccc([C@@H](NC(=O)OC4CN5CCC4CC5)c4ccccc4)c3)cc2)ccc1CNCC(O)c1ccc(O)c2[nH]c(=O)ccc12. The van der Waals surface area contributed by atoms with Crippen molar-refractivity contribution in [2.24, 2.45) is 5.92 Å². The molecule has 0 radical (unpaired) electrons. The monoisotopic (exact) mass is 837 g/mol. The number of aromatic nitrogens is 1. The van der Waals surface area contributed by atoms with Crippen LogP contribution < -0.4 is 31.0 Å². The zero-order valence-corrected chi connectivity index (χ0v) is 34.5. The van der Waals surface area contributed by atoms with Gasteiger partial charge in [0.25, 0.3) is 5.91 Å². The Morgan fingerprint density at radius 3 is 2.39 bits per heavy atom.